The highest BCUT2D eigenvalue weighted by atomic mass is 16.3. The van der Waals surface area contributed by atoms with E-state index < -0.39 is 0 Å². The Morgan fingerprint density at radius 3 is 1.40 bits per heavy atom. The van der Waals surface area contributed by atoms with E-state index >= 15 is 0 Å². The number of hydrogen-bond acceptors (Lipinski definition) is 4. The maximum Gasteiger partial charge on any atom is 0.227 e. The summed E-state index contributed by atoms with van der Waals surface area (Å²) in [6.45, 7) is 13.5. The molecule has 0 N–H and O–H groups in total. The van der Waals surface area contributed by atoms with Gasteiger partial charge >= 0.3 is 0 Å². The summed E-state index contributed by atoms with van der Waals surface area (Å²) < 4.78 is 6.32. The number of rotatable bonds is 4. The average molecular weight is 588 g/mol. The first-order valence-corrected chi connectivity index (χ1v) is 15.5. The Labute approximate surface area is 264 Å². The summed E-state index contributed by atoms with van der Waals surface area (Å²) in [4.78, 5) is 15.0. The zero-order valence-electron chi connectivity index (χ0n) is 26.7. The number of oxazole rings is 1. The largest absolute Gasteiger partial charge is 0.436 e. The molecule has 0 amide bonds. The standard InChI is InChI=1S/C41H37N3O/c1-40(2,3)31-24-35-36(25-32(31)41(4,5)6)45-39(44-35)30-22-18-27(19-23-30)26-16-20-29(21-17-26)38-37(28-12-8-7-9-13-28)42-33-14-10-11-15-34(33)43-38/h7-25H,1-6H3. The Bertz CT molecular complexity index is 2090. The van der Waals surface area contributed by atoms with Crippen molar-refractivity contribution in [2.75, 3.05) is 0 Å². The van der Waals surface area contributed by atoms with Gasteiger partial charge in [0.25, 0.3) is 0 Å². The molecule has 2 heterocycles. The van der Waals surface area contributed by atoms with Gasteiger partial charge in [0.15, 0.2) is 5.58 Å². The van der Waals surface area contributed by atoms with Crippen LogP contribution in [-0.4, -0.2) is 15.0 Å². The van der Waals surface area contributed by atoms with Crippen LogP contribution in [-0.2, 0) is 10.8 Å². The van der Waals surface area contributed by atoms with Crippen LogP contribution in [0.4, 0.5) is 0 Å². The zero-order valence-corrected chi connectivity index (χ0v) is 26.7. The molecule has 0 spiro atoms. The molecule has 222 valence electrons. The third kappa shape index (κ3) is 5.53. The molecular formula is C41H37N3O. The summed E-state index contributed by atoms with van der Waals surface area (Å²) in [5, 5.41) is 0. The summed E-state index contributed by atoms with van der Waals surface area (Å²) in [5.74, 6) is 0.640. The lowest BCUT2D eigenvalue weighted by Gasteiger charge is -2.29. The summed E-state index contributed by atoms with van der Waals surface area (Å²) in [6, 6.07) is 39.7. The molecule has 0 fully saturated rings. The minimum atomic E-state index is 0.00490. The highest BCUT2D eigenvalue weighted by molar-refractivity contribution is 5.87. The van der Waals surface area contributed by atoms with Crippen molar-refractivity contribution in [2.45, 2.75) is 52.4 Å². The number of hydrogen-bond donors (Lipinski definition) is 0. The molecule has 0 aliphatic rings. The molecule has 7 aromatic rings. The van der Waals surface area contributed by atoms with Gasteiger partial charge in [-0.15, -0.1) is 0 Å². The fourth-order valence-electron chi connectivity index (χ4n) is 5.96. The van der Waals surface area contributed by atoms with Crippen molar-refractivity contribution >= 4 is 22.1 Å². The first kappa shape index (κ1) is 28.7. The summed E-state index contributed by atoms with van der Waals surface area (Å²) in [5.41, 5.74) is 13.2. The van der Waals surface area contributed by atoms with Crippen molar-refractivity contribution in [3.63, 3.8) is 0 Å². The van der Waals surface area contributed by atoms with Crippen molar-refractivity contribution in [1.82, 2.24) is 15.0 Å². The highest BCUT2D eigenvalue weighted by Gasteiger charge is 2.27. The van der Waals surface area contributed by atoms with Gasteiger partial charge in [0.05, 0.1) is 22.4 Å². The zero-order chi connectivity index (χ0) is 31.3. The van der Waals surface area contributed by atoms with E-state index in [-0.39, 0.29) is 10.8 Å². The molecule has 0 unspecified atom stereocenters. The molecule has 0 radical (unpaired) electrons. The smallest absolute Gasteiger partial charge is 0.227 e. The van der Waals surface area contributed by atoms with Crippen molar-refractivity contribution in [3.05, 3.63) is 126 Å². The van der Waals surface area contributed by atoms with E-state index in [0.717, 1.165) is 61.3 Å². The maximum absolute atomic E-state index is 6.32. The molecule has 0 atom stereocenters. The molecule has 0 aliphatic heterocycles. The van der Waals surface area contributed by atoms with Crippen molar-refractivity contribution in [1.29, 1.82) is 0 Å². The predicted octanol–water partition coefficient (Wildman–Crippen LogP) is 11.0. The van der Waals surface area contributed by atoms with Gasteiger partial charge in [-0.1, -0.05) is 120 Å². The molecule has 7 rings (SSSR count). The van der Waals surface area contributed by atoms with Gasteiger partial charge < -0.3 is 4.42 Å². The molecule has 0 bridgehead atoms. The van der Waals surface area contributed by atoms with E-state index in [0.29, 0.717) is 5.89 Å². The maximum atomic E-state index is 6.32. The Morgan fingerprint density at radius 1 is 0.422 bits per heavy atom. The molecule has 0 saturated heterocycles. The minimum Gasteiger partial charge on any atom is -0.436 e. The van der Waals surface area contributed by atoms with Crippen LogP contribution in [0.15, 0.2) is 120 Å². The van der Waals surface area contributed by atoms with E-state index in [1.54, 1.807) is 0 Å². The van der Waals surface area contributed by atoms with Crippen molar-refractivity contribution in [2.24, 2.45) is 0 Å². The van der Waals surface area contributed by atoms with Crippen LogP contribution in [0.25, 0.3) is 67.2 Å². The molecule has 45 heavy (non-hydrogen) atoms. The predicted molar refractivity (Wildman–Crippen MR) is 186 cm³/mol. The Kier molecular flexibility index (Phi) is 6.89. The van der Waals surface area contributed by atoms with Crippen molar-refractivity contribution < 1.29 is 4.42 Å². The quantitative estimate of drug-likeness (QED) is 0.206. The first-order valence-electron chi connectivity index (χ1n) is 15.5. The van der Waals surface area contributed by atoms with Crippen LogP contribution >= 0.6 is 0 Å². The van der Waals surface area contributed by atoms with Gasteiger partial charge in [-0.05, 0) is 69.5 Å². The van der Waals surface area contributed by atoms with Gasteiger partial charge in [0.1, 0.15) is 5.52 Å². The van der Waals surface area contributed by atoms with Crippen LogP contribution in [0, 0.1) is 0 Å². The SMILES string of the molecule is CC(C)(C)c1cc2nc(-c3ccc(-c4ccc(-c5nc6ccccc6nc5-c5ccccc5)cc4)cc3)oc2cc1C(C)(C)C. The monoisotopic (exact) mass is 587 g/mol. The molecule has 2 aromatic heterocycles. The normalized spacial score (nSPS) is 12.2. The molecule has 0 saturated carbocycles. The number of para-hydroxylation sites is 2. The molecule has 5 aromatic carbocycles. The Hall–Kier alpha value is -5.09. The fourth-order valence-corrected chi connectivity index (χ4v) is 5.96. The average Bonchev–Trinajstić information content (AvgIpc) is 3.47. The van der Waals surface area contributed by atoms with Crippen LogP contribution in [0.5, 0.6) is 0 Å². The van der Waals surface area contributed by atoms with E-state index in [4.69, 9.17) is 19.4 Å². The fraction of sp³-hybridized carbons (Fsp3) is 0.195. The van der Waals surface area contributed by atoms with E-state index in [9.17, 15) is 0 Å². The number of benzene rings is 5. The summed E-state index contributed by atoms with van der Waals surface area (Å²) in [6.07, 6.45) is 0. The number of aromatic nitrogens is 3. The molecule has 0 aliphatic carbocycles. The van der Waals surface area contributed by atoms with Crippen LogP contribution < -0.4 is 0 Å². The van der Waals surface area contributed by atoms with Gasteiger partial charge in [0, 0.05) is 16.7 Å². The lowest BCUT2D eigenvalue weighted by Crippen LogP contribution is -2.21. The third-order valence-electron chi connectivity index (χ3n) is 8.39. The van der Waals surface area contributed by atoms with Gasteiger partial charge in [-0.3, -0.25) is 0 Å². The minimum absolute atomic E-state index is 0.00490. The topological polar surface area (TPSA) is 51.8 Å². The first-order chi connectivity index (χ1) is 21.5. The van der Waals surface area contributed by atoms with E-state index in [2.05, 4.69) is 114 Å². The van der Waals surface area contributed by atoms with Gasteiger partial charge in [-0.25, -0.2) is 15.0 Å². The molecular weight excluding hydrogens is 550 g/mol. The second kappa shape index (κ2) is 10.8. The Balaban J connectivity index is 1.20. The van der Waals surface area contributed by atoms with E-state index in [1.807, 2.05) is 42.5 Å². The Morgan fingerprint density at radius 2 is 0.867 bits per heavy atom. The van der Waals surface area contributed by atoms with Crippen LogP contribution in [0.3, 0.4) is 0 Å². The number of fused-ring (bicyclic) bond motifs is 2. The highest BCUT2D eigenvalue weighted by Crippen LogP contribution is 2.38. The summed E-state index contributed by atoms with van der Waals surface area (Å²) in [7, 11) is 0. The van der Waals surface area contributed by atoms with Crippen molar-refractivity contribution in [3.8, 4) is 45.1 Å². The lowest BCUT2D eigenvalue weighted by molar-refractivity contribution is 0.529. The van der Waals surface area contributed by atoms with Gasteiger partial charge in [0.2, 0.25) is 5.89 Å². The van der Waals surface area contributed by atoms with Gasteiger partial charge in [-0.2, -0.15) is 0 Å². The lowest BCUT2D eigenvalue weighted by atomic mass is 9.75. The van der Waals surface area contributed by atoms with E-state index in [1.165, 1.54) is 11.1 Å². The van der Waals surface area contributed by atoms with Crippen LogP contribution in [0.2, 0.25) is 0 Å². The molecule has 4 nitrogen and oxygen atoms in total. The second-order valence-corrected chi connectivity index (χ2v) is 13.8. The molecule has 4 heteroatoms. The third-order valence-corrected chi connectivity index (χ3v) is 8.39. The number of nitrogens with zero attached hydrogens (tertiary/aromatic N) is 3. The van der Waals surface area contributed by atoms with Crippen LogP contribution in [0.1, 0.15) is 52.7 Å². The second-order valence-electron chi connectivity index (χ2n) is 13.8. The summed E-state index contributed by atoms with van der Waals surface area (Å²) >= 11 is 0.